The number of aryl methyl sites for hydroxylation is 1. The number of hydrogen-bond donors (Lipinski definition) is 2. The minimum absolute atomic E-state index is 0.122. The maximum Gasteiger partial charge on any atom is 0.336 e. The molecule has 1 atom stereocenters. The zero-order valence-electron chi connectivity index (χ0n) is 13.8. The highest BCUT2D eigenvalue weighted by Crippen LogP contribution is 2.20. The maximum absolute atomic E-state index is 12.1. The van der Waals surface area contributed by atoms with Gasteiger partial charge in [0, 0.05) is 23.2 Å². The van der Waals surface area contributed by atoms with Crippen LogP contribution in [0, 0.1) is 6.92 Å². The van der Waals surface area contributed by atoms with Crippen molar-refractivity contribution < 1.29 is 13.9 Å². The molecule has 0 aliphatic carbocycles. The lowest BCUT2D eigenvalue weighted by molar-refractivity contribution is -0.120. The first-order valence-electron chi connectivity index (χ1n) is 7.40. The van der Waals surface area contributed by atoms with Gasteiger partial charge in [-0.2, -0.15) is 0 Å². The highest BCUT2D eigenvalue weighted by molar-refractivity contribution is 5.96. The molecule has 0 bridgehead atoms. The van der Waals surface area contributed by atoms with Gasteiger partial charge in [0.15, 0.2) is 0 Å². The van der Waals surface area contributed by atoms with Gasteiger partial charge >= 0.3 is 5.63 Å². The summed E-state index contributed by atoms with van der Waals surface area (Å²) in [5.41, 5.74) is 6.80. The standard InChI is InChI=1S/C17H22N2O4/c1-10-7-15(20)23-14-8-11(5-6-12(10)14)19-16(21)13(18)9-22-17(2,3)4/h5-8,13H,9,18H2,1-4H3,(H,19,21)/t13-/m0/s1. The molecule has 0 unspecified atom stereocenters. The van der Waals surface area contributed by atoms with Gasteiger partial charge < -0.3 is 20.2 Å². The van der Waals surface area contributed by atoms with E-state index in [-0.39, 0.29) is 18.1 Å². The van der Waals surface area contributed by atoms with E-state index >= 15 is 0 Å². The summed E-state index contributed by atoms with van der Waals surface area (Å²) in [7, 11) is 0. The van der Waals surface area contributed by atoms with Gasteiger partial charge in [-0.05, 0) is 45.4 Å². The molecule has 1 heterocycles. The van der Waals surface area contributed by atoms with E-state index in [1.54, 1.807) is 18.2 Å². The molecule has 0 radical (unpaired) electrons. The Morgan fingerprint density at radius 2 is 2.04 bits per heavy atom. The van der Waals surface area contributed by atoms with Crippen molar-refractivity contribution in [2.75, 3.05) is 11.9 Å². The zero-order chi connectivity index (χ0) is 17.2. The number of carbonyl (C=O) groups excluding carboxylic acids is 1. The number of anilines is 1. The summed E-state index contributed by atoms with van der Waals surface area (Å²) in [6.07, 6.45) is 0. The molecule has 0 aliphatic heterocycles. The van der Waals surface area contributed by atoms with E-state index in [4.69, 9.17) is 14.9 Å². The summed E-state index contributed by atoms with van der Waals surface area (Å²) in [4.78, 5) is 23.5. The fourth-order valence-electron chi connectivity index (χ4n) is 2.05. The normalized spacial score (nSPS) is 13.1. The Balaban J connectivity index is 2.12. The molecule has 0 saturated heterocycles. The third-order valence-corrected chi connectivity index (χ3v) is 3.25. The lowest BCUT2D eigenvalue weighted by Crippen LogP contribution is -2.41. The zero-order valence-corrected chi connectivity index (χ0v) is 13.8. The molecule has 1 aromatic carbocycles. The number of hydrogen-bond acceptors (Lipinski definition) is 5. The average molecular weight is 318 g/mol. The molecule has 0 fully saturated rings. The maximum atomic E-state index is 12.1. The predicted molar refractivity (Wildman–Crippen MR) is 89.5 cm³/mol. The van der Waals surface area contributed by atoms with Gasteiger partial charge in [-0.25, -0.2) is 4.79 Å². The summed E-state index contributed by atoms with van der Waals surface area (Å²) in [5.74, 6) is -0.358. The highest BCUT2D eigenvalue weighted by atomic mass is 16.5. The van der Waals surface area contributed by atoms with Crippen molar-refractivity contribution in [2.45, 2.75) is 39.3 Å². The second kappa shape index (κ2) is 6.52. The number of carbonyl (C=O) groups is 1. The van der Waals surface area contributed by atoms with Crippen LogP contribution in [0.25, 0.3) is 11.0 Å². The van der Waals surface area contributed by atoms with Crippen LogP contribution >= 0.6 is 0 Å². The molecule has 0 aliphatic rings. The molecule has 2 rings (SSSR count). The van der Waals surface area contributed by atoms with E-state index in [1.165, 1.54) is 6.07 Å². The lowest BCUT2D eigenvalue weighted by Gasteiger charge is -2.22. The minimum Gasteiger partial charge on any atom is -0.423 e. The molecule has 0 saturated carbocycles. The van der Waals surface area contributed by atoms with Crippen molar-refractivity contribution in [1.82, 2.24) is 0 Å². The van der Waals surface area contributed by atoms with E-state index in [1.807, 2.05) is 27.7 Å². The molecule has 23 heavy (non-hydrogen) atoms. The smallest absolute Gasteiger partial charge is 0.336 e. The molecule has 124 valence electrons. The third-order valence-electron chi connectivity index (χ3n) is 3.25. The van der Waals surface area contributed by atoms with Crippen molar-refractivity contribution in [2.24, 2.45) is 5.73 Å². The van der Waals surface area contributed by atoms with Gasteiger partial charge in [-0.3, -0.25) is 4.79 Å². The molecule has 6 heteroatoms. The average Bonchev–Trinajstić information content (AvgIpc) is 2.43. The second-order valence-corrected chi connectivity index (χ2v) is 6.48. The van der Waals surface area contributed by atoms with E-state index < -0.39 is 11.7 Å². The quantitative estimate of drug-likeness (QED) is 0.843. The van der Waals surface area contributed by atoms with Crippen LogP contribution in [0.1, 0.15) is 26.3 Å². The number of amides is 1. The van der Waals surface area contributed by atoms with Gasteiger partial charge in [0.1, 0.15) is 11.6 Å². The van der Waals surface area contributed by atoms with E-state index in [0.29, 0.717) is 11.3 Å². The van der Waals surface area contributed by atoms with E-state index in [0.717, 1.165) is 10.9 Å². The van der Waals surface area contributed by atoms with Gasteiger partial charge in [-0.1, -0.05) is 0 Å². The predicted octanol–water partition coefficient (Wildman–Crippen LogP) is 2.18. The molecule has 6 nitrogen and oxygen atoms in total. The van der Waals surface area contributed by atoms with Crippen molar-refractivity contribution in [1.29, 1.82) is 0 Å². The van der Waals surface area contributed by atoms with Crippen molar-refractivity contribution in [3.63, 3.8) is 0 Å². The topological polar surface area (TPSA) is 94.6 Å². The Kier molecular flexibility index (Phi) is 4.87. The lowest BCUT2D eigenvalue weighted by atomic mass is 10.1. The van der Waals surface area contributed by atoms with Crippen LogP contribution in [-0.4, -0.2) is 24.2 Å². The number of benzene rings is 1. The van der Waals surface area contributed by atoms with Gasteiger partial charge in [0.05, 0.1) is 12.2 Å². The largest absolute Gasteiger partial charge is 0.423 e. The van der Waals surface area contributed by atoms with Crippen LogP contribution in [0.2, 0.25) is 0 Å². The van der Waals surface area contributed by atoms with E-state index in [9.17, 15) is 9.59 Å². The number of rotatable bonds is 4. The van der Waals surface area contributed by atoms with Crippen LogP contribution in [0.4, 0.5) is 5.69 Å². The van der Waals surface area contributed by atoms with Crippen LogP contribution in [-0.2, 0) is 9.53 Å². The van der Waals surface area contributed by atoms with Gasteiger partial charge in [0.25, 0.3) is 0 Å². The second-order valence-electron chi connectivity index (χ2n) is 6.48. The first kappa shape index (κ1) is 17.2. The minimum atomic E-state index is -0.783. The number of ether oxygens (including phenoxy) is 1. The summed E-state index contributed by atoms with van der Waals surface area (Å²) in [5, 5.41) is 3.53. The van der Waals surface area contributed by atoms with Crippen LogP contribution in [0.3, 0.4) is 0 Å². The summed E-state index contributed by atoms with van der Waals surface area (Å²) >= 11 is 0. The molecular weight excluding hydrogens is 296 g/mol. The Morgan fingerprint density at radius 1 is 1.35 bits per heavy atom. The molecule has 0 spiro atoms. The fraction of sp³-hybridized carbons (Fsp3) is 0.412. The number of nitrogens with one attached hydrogen (secondary N) is 1. The third kappa shape index (κ3) is 4.64. The van der Waals surface area contributed by atoms with E-state index in [2.05, 4.69) is 5.32 Å². The molecule has 2 aromatic rings. The highest BCUT2D eigenvalue weighted by Gasteiger charge is 2.18. The van der Waals surface area contributed by atoms with Crippen LogP contribution in [0.5, 0.6) is 0 Å². The Bertz CT molecular complexity index is 774. The Morgan fingerprint density at radius 3 is 2.70 bits per heavy atom. The molecular formula is C17H22N2O4. The molecule has 3 N–H and O–H groups in total. The Hall–Kier alpha value is -2.18. The first-order chi connectivity index (χ1) is 10.7. The van der Waals surface area contributed by atoms with Crippen LogP contribution in [0.15, 0.2) is 33.5 Å². The van der Waals surface area contributed by atoms with Crippen molar-refractivity contribution in [3.8, 4) is 0 Å². The first-order valence-corrected chi connectivity index (χ1v) is 7.40. The van der Waals surface area contributed by atoms with Gasteiger partial charge in [0.2, 0.25) is 5.91 Å². The van der Waals surface area contributed by atoms with Crippen molar-refractivity contribution >= 4 is 22.6 Å². The summed E-state index contributed by atoms with van der Waals surface area (Å²) in [6.45, 7) is 7.64. The SMILES string of the molecule is Cc1cc(=O)oc2cc(NC(=O)[C@@H](N)COC(C)(C)C)ccc12. The fourth-order valence-corrected chi connectivity index (χ4v) is 2.05. The number of nitrogens with two attached hydrogens (primary N) is 1. The van der Waals surface area contributed by atoms with Gasteiger partial charge in [-0.15, -0.1) is 0 Å². The molecule has 1 aromatic heterocycles. The summed E-state index contributed by atoms with van der Waals surface area (Å²) < 4.78 is 10.7. The molecule has 1 amide bonds. The summed E-state index contributed by atoms with van der Waals surface area (Å²) in [6, 6.07) is 5.79. The van der Waals surface area contributed by atoms with Crippen LogP contribution < -0.4 is 16.7 Å². The monoisotopic (exact) mass is 318 g/mol. The van der Waals surface area contributed by atoms with Crippen molar-refractivity contribution in [3.05, 3.63) is 40.2 Å². The Labute approximate surface area is 134 Å². The number of fused-ring (bicyclic) bond motifs is 1.